The number of fused-ring (bicyclic) bond motifs is 5. The lowest BCUT2D eigenvalue weighted by atomic mass is 9.81. The van der Waals surface area contributed by atoms with Crippen molar-refractivity contribution >= 4 is 61.0 Å². The van der Waals surface area contributed by atoms with Crippen LogP contribution >= 0.6 is 43.5 Å². The van der Waals surface area contributed by atoms with Crippen molar-refractivity contribution in [2.45, 2.75) is 16.1 Å². The van der Waals surface area contributed by atoms with E-state index in [4.69, 9.17) is 16.3 Å². The SMILES string of the molecule is O=C1[C@@H]2[C@@H]3C[C@H]([C@H](Br)[C@@H]3Br)[C@@H]2C(=O)N1c1ccc(Oc2ccc(Cl)cc2)cc1. The first kappa shape index (κ1) is 18.6. The highest BCUT2D eigenvalue weighted by Crippen LogP contribution is 2.60. The number of amides is 2. The molecule has 28 heavy (non-hydrogen) atoms. The van der Waals surface area contributed by atoms with Crippen LogP contribution in [0.5, 0.6) is 11.5 Å². The molecule has 0 N–H and O–H groups in total. The van der Waals surface area contributed by atoms with E-state index >= 15 is 0 Å². The van der Waals surface area contributed by atoms with Crippen molar-refractivity contribution in [2.24, 2.45) is 23.7 Å². The van der Waals surface area contributed by atoms with Gasteiger partial charge in [-0.15, -0.1) is 0 Å². The lowest BCUT2D eigenvalue weighted by Gasteiger charge is -2.28. The van der Waals surface area contributed by atoms with Crippen molar-refractivity contribution in [3.05, 3.63) is 53.6 Å². The normalized spacial score (nSPS) is 33.5. The summed E-state index contributed by atoms with van der Waals surface area (Å²) in [5, 5.41) is 0.643. The van der Waals surface area contributed by atoms with Crippen molar-refractivity contribution in [3.63, 3.8) is 0 Å². The van der Waals surface area contributed by atoms with Crippen molar-refractivity contribution in [1.29, 1.82) is 0 Å². The van der Waals surface area contributed by atoms with Crippen molar-refractivity contribution in [3.8, 4) is 11.5 Å². The third kappa shape index (κ3) is 2.76. The number of alkyl halides is 2. The average molecular weight is 526 g/mol. The van der Waals surface area contributed by atoms with Gasteiger partial charge in [0, 0.05) is 14.7 Å². The van der Waals surface area contributed by atoms with Crippen molar-refractivity contribution < 1.29 is 14.3 Å². The van der Waals surface area contributed by atoms with E-state index in [0.29, 0.717) is 22.2 Å². The van der Waals surface area contributed by atoms with Crippen LogP contribution in [0.25, 0.3) is 0 Å². The lowest BCUT2D eigenvalue weighted by molar-refractivity contribution is -0.123. The van der Waals surface area contributed by atoms with Gasteiger partial charge in [-0.05, 0) is 66.8 Å². The number of imide groups is 1. The fourth-order valence-corrected chi connectivity index (χ4v) is 6.90. The van der Waals surface area contributed by atoms with Crippen LogP contribution < -0.4 is 9.64 Å². The van der Waals surface area contributed by atoms with Gasteiger partial charge in [0.1, 0.15) is 11.5 Å². The maximum absolute atomic E-state index is 13.1. The Balaban J connectivity index is 1.37. The minimum atomic E-state index is -0.208. The number of carbonyl (C=O) groups is 2. The van der Waals surface area contributed by atoms with E-state index in [1.165, 1.54) is 4.90 Å². The predicted molar refractivity (Wildman–Crippen MR) is 114 cm³/mol. The molecule has 144 valence electrons. The Morgan fingerprint density at radius 2 is 1.29 bits per heavy atom. The average Bonchev–Trinajstić information content (AvgIpc) is 3.29. The van der Waals surface area contributed by atoms with Crippen LogP contribution in [0, 0.1) is 23.7 Å². The Bertz CT molecular complexity index is 917. The highest BCUT2D eigenvalue weighted by atomic mass is 79.9. The molecule has 0 spiro atoms. The summed E-state index contributed by atoms with van der Waals surface area (Å²) in [5.41, 5.74) is 0.601. The third-order valence-electron chi connectivity index (χ3n) is 6.13. The summed E-state index contributed by atoms with van der Waals surface area (Å²) < 4.78 is 5.79. The monoisotopic (exact) mass is 523 g/mol. The molecule has 2 aromatic rings. The third-order valence-corrected chi connectivity index (χ3v) is 9.59. The molecule has 2 amide bonds. The van der Waals surface area contributed by atoms with E-state index < -0.39 is 0 Å². The molecule has 3 aliphatic rings. The zero-order chi connectivity index (χ0) is 19.6. The molecule has 1 aliphatic heterocycles. The molecule has 2 bridgehead atoms. The number of carbonyl (C=O) groups excluding carboxylic acids is 2. The molecule has 5 rings (SSSR count). The Hall–Kier alpha value is -1.37. The van der Waals surface area contributed by atoms with Gasteiger partial charge in [-0.1, -0.05) is 43.5 Å². The minimum absolute atomic E-state index is 0.0716. The summed E-state index contributed by atoms with van der Waals surface area (Å²) in [7, 11) is 0. The largest absolute Gasteiger partial charge is 0.457 e. The standard InChI is InChI=1S/C21H16Br2ClNO3/c22-18-14-9-15(19(18)23)17-16(14)20(26)25(21(17)27)11-3-7-13(8-4-11)28-12-5-1-10(24)2-6-12/h1-8,14-19H,9H2/t14-,15-,16-,17+,18-,19+/m0/s1. The topological polar surface area (TPSA) is 46.6 Å². The number of benzene rings is 2. The van der Waals surface area contributed by atoms with Gasteiger partial charge in [-0.3, -0.25) is 14.5 Å². The Morgan fingerprint density at radius 3 is 1.79 bits per heavy atom. The van der Waals surface area contributed by atoms with Crippen LogP contribution in [0.2, 0.25) is 5.02 Å². The first-order valence-electron chi connectivity index (χ1n) is 9.15. The molecule has 0 radical (unpaired) electrons. The zero-order valence-electron chi connectivity index (χ0n) is 14.6. The fraction of sp³-hybridized carbons (Fsp3) is 0.333. The van der Waals surface area contributed by atoms with Gasteiger partial charge in [0.15, 0.2) is 0 Å². The number of hydrogen-bond acceptors (Lipinski definition) is 3. The van der Waals surface area contributed by atoms with Crippen LogP contribution in [0.1, 0.15) is 6.42 Å². The summed E-state index contributed by atoms with van der Waals surface area (Å²) in [6.45, 7) is 0. The molecular weight excluding hydrogens is 509 g/mol. The van der Waals surface area contributed by atoms with Gasteiger partial charge in [0.25, 0.3) is 0 Å². The second kappa shape index (κ2) is 6.85. The van der Waals surface area contributed by atoms with E-state index in [-0.39, 0.29) is 45.1 Å². The van der Waals surface area contributed by atoms with Crippen LogP contribution in [-0.4, -0.2) is 21.5 Å². The zero-order valence-corrected chi connectivity index (χ0v) is 18.5. The first-order valence-corrected chi connectivity index (χ1v) is 11.4. The number of ether oxygens (including phenoxy) is 1. The summed E-state index contributed by atoms with van der Waals surface area (Å²) in [6, 6.07) is 14.2. The minimum Gasteiger partial charge on any atom is -0.457 e. The number of halogens is 3. The van der Waals surface area contributed by atoms with Crippen LogP contribution in [0.15, 0.2) is 48.5 Å². The van der Waals surface area contributed by atoms with Gasteiger partial charge in [-0.2, -0.15) is 0 Å². The van der Waals surface area contributed by atoms with E-state index in [1.807, 2.05) is 0 Å². The summed E-state index contributed by atoms with van der Waals surface area (Å²) >= 11 is 13.3. The van der Waals surface area contributed by atoms with Crippen molar-refractivity contribution in [1.82, 2.24) is 0 Å². The van der Waals surface area contributed by atoms with E-state index in [2.05, 4.69) is 31.9 Å². The molecule has 2 saturated carbocycles. The number of hydrogen-bond donors (Lipinski definition) is 0. The van der Waals surface area contributed by atoms with Gasteiger partial charge >= 0.3 is 0 Å². The molecular formula is C21H16Br2ClNO3. The molecule has 1 heterocycles. The first-order chi connectivity index (χ1) is 13.5. The molecule has 7 heteroatoms. The summed E-state index contributed by atoms with van der Waals surface area (Å²) in [4.78, 5) is 28.0. The highest BCUT2D eigenvalue weighted by Gasteiger charge is 2.66. The Kier molecular flexibility index (Phi) is 4.56. The smallest absolute Gasteiger partial charge is 0.238 e. The number of anilines is 1. The van der Waals surface area contributed by atoms with Gasteiger partial charge in [-0.25, -0.2) is 0 Å². The van der Waals surface area contributed by atoms with E-state index in [1.54, 1.807) is 48.5 Å². The van der Waals surface area contributed by atoms with Gasteiger partial charge in [0.2, 0.25) is 11.8 Å². The van der Waals surface area contributed by atoms with E-state index in [9.17, 15) is 9.59 Å². The maximum Gasteiger partial charge on any atom is 0.238 e. The summed E-state index contributed by atoms with van der Waals surface area (Å²) in [6.07, 6.45) is 0.931. The second-order valence-electron chi connectivity index (χ2n) is 7.57. The van der Waals surface area contributed by atoms with Crippen molar-refractivity contribution in [2.75, 3.05) is 4.90 Å². The molecule has 3 fully saturated rings. The molecule has 0 unspecified atom stereocenters. The Morgan fingerprint density at radius 1 is 0.821 bits per heavy atom. The molecule has 0 aromatic heterocycles. The molecule has 2 aliphatic carbocycles. The maximum atomic E-state index is 13.1. The van der Waals surface area contributed by atoms with Crippen LogP contribution in [0.4, 0.5) is 5.69 Å². The molecule has 2 aromatic carbocycles. The van der Waals surface area contributed by atoms with Gasteiger partial charge < -0.3 is 4.74 Å². The lowest BCUT2D eigenvalue weighted by Crippen LogP contribution is -2.37. The molecule has 4 nitrogen and oxygen atoms in total. The molecule has 1 saturated heterocycles. The Labute approximate surface area is 184 Å². The van der Waals surface area contributed by atoms with E-state index in [0.717, 1.165) is 6.42 Å². The van der Waals surface area contributed by atoms with Gasteiger partial charge in [0.05, 0.1) is 17.5 Å². The highest BCUT2D eigenvalue weighted by molar-refractivity contribution is 9.12. The number of nitrogens with zero attached hydrogens (tertiary/aromatic N) is 1. The summed E-state index contributed by atoms with van der Waals surface area (Å²) in [5.74, 6) is 1.17. The number of rotatable bonds is 3. The quantitative estimate of drug-likeness (QED) is 0.398. The van der Waals surface area contributed by atoms with Crippen LogP contribution in [-0.2, 0) is 9.59 Å². The predicted octanol–water partition coefficient (Wildman–Crippen LogP) is 5.41. The second-order valence-corrected chi connectivity index (χ2v) is 10.1. The molecule has 6 atom stereocenters. The van der Waals surface area contributed by atoms with Crippen LogP contribution in [0.3, 0.4) is 0 Å². The fourth-order valence-electron chi connectivity index (χ4n) is 4.91.